The van der Waals surface area contributed by atoms with Crippen molar-refractivity contribution in [2.24, 2.45) is 5.92 Å². The van der Waals surface area contributed by atoms with Gasteiger partial charge in [0.1, 0.15) is 5.75 Å². The average molecular weight is 366 g/mol. The maximum Gasteiger partial charge on any atom is 0.247 e. The predicted molar refractivity (Wildman–Crippen MR) is 103 cm³/mol. The first-order chi connectivity index (χ1) is 13.1. The normalized spacial score (nSPS) is 16.1. The van der Waals surface area contributed by atoms with Gasteiger partial charge in [0.2, 0.25) is 11.8 Å². The van der Waals surface area contributed by atoms with Crippen LogP contribution in [0, 0.1) is 5.92 Å². The van der Waals surface area contributed by atoms with Gasteiger partial charge in [-0.1, -0.05) is 31.5 Å². The molecule has 6 nitrogen and oxygen atoms in total. The molecule has 2 aromatic rings. The van der Waals surface area contributed by atoms with E-state index in [2.05, 4.69) is 5.32 Å². The van der Waals surface area contributed by atoms with E-state index in [4.69, 9.17) is 4.74 Å². The number of fused-ring (bicyclic) bond motifs is 1. The second kappa shape index (κ2) is 8.03. The molecule has 0 fully saturated rings. The standard InChI is InChI=1S/C21H22N2O4/c1-3-4-12-23-17-11-6-5-10-16(17)19(24)18(21(23)26)20(25)22-14-8-7-9-15(13-14)27-2/h5-11,13,18H,3-4,12H2,1-2H3,(H,22,25). The Morgan fingerprint density at radius 3 is 2.67 bits per heavy atom. The van der Waals surface area contributed by atoms with Crippen molar-refractivity contribution in [3.05, 3.63) is 54.1 Å². The molecule has 1 aliphatic heterocycles. The van der Waals surface area contributed by atoms with Crippen LogP contribution in [0.15, 0.2) is 48.5 Å². The molecule has 1 heterocycles. The first-order valence-corrected chi connectivity index (χ1v) is 8.96. The van der Waals surface area contributed by atoms with Crippen molar-refractivity contribution in [3.63, 3.8) is 0 Å². The van der Waals surface area contributed by atoms with Gasteiger partial charge in [0.05, 0.1) is 12.8 Å². The van der Waals surface area contributed by atoms with Crippen LogP contribution in [-0.2, 0) is 9.59 Å². The van der Waals surface area contributed by atoms with E-state index in [1.54, 1.807) is 53.4 Å². The summed E-state index contributed by atoms with van der Waals surface area (Å²) < 4.78 is 5.14. The summed E-state index contributed by atoms with van der Waals surface area (Å²) in [6, 6.07) is 13.7. The lowest BCUT2D eigenvalue weighted by Crippen LogP contribution is -2.49. The van der Waals surface area contributed by atoms with Crippen LogP contribution >= 0.6 is 0 Å². The van der Waals surface area contributed by atoms with Crippen molar-refractivity contribution in [3.8, 4) is 5.75 Å². The zero-order chi connectivity index (χ0) is 19.4. The molecule has 2 amide bonds. The number of hydrogen-bond donors (Lipinski definition) is 1. The number of benzene rings is 2. The van der Waals surface area contributed by atoms with Crippen molar-refractivity contribution in [1.29, 1.82) is 0 Å². The van der Waals surface area contributed by atoms with Crippen LogP contribution in [0.5, 0.6) is 5.75 Å². The highest BCUT2D eigenvalue weighted by Crippen LogP contribution is 2.31. The minimum Gasteiger partial charge on any atom is -0.497 e. The molecule has 3 rings (SSSR count). The van der Waals surface area contributed by atoms with Gasteiger partial charge < -0.3 is 15.0 Å². The van der Waals surface area contributed by atoms with Gasteiger partial charge in [0.25, 0.3) is 0 Å². The SMILES string of the molecule is CCCCN1C(=O)C(C(=O)Nc2cccc(OC)c2)C(=O)c2ccccc21. The topological polar surface area (TPSA) is 75.7 Å². The Bertz CT molecular complexity index is 878. The maximum absolute atomic E-state index is 13.0. The number of hydrogen-bond acceptors (Lipinski definition) is 4. The van der Waals surface area contributed by atoms with Crippen LogP contribution in [0.2, 0.25) is 0 Å². The summed E-state index contributed by atoms with van der Waals surface area (Å²) in [7, 11) is 1.53. The molecule has 1 N–H and O–H groups in total. The molecule has 0 aromatic heterocycles. The molecule has 1 unspecified atom stereocenters. The number of anilines is 2. The molecule has 2 aromatic carbocycles. The molecule has 27 heavy (non-hydrogen) atoms. The van der Waals surface area contributed by atoms with E-state index < -0.39 is 23.5 Å². The van der Waals surface area contributed by atoms with E-state index in [1.165, 1.54) is 7.11 Å². The van der Waals surface area contributed by atoms with Crippen LogP contribution < -0.4 is 15.0 Å². The second-order valence-electron chi connectivity index (χ2n) is 6.38. The molecule has 0 aliphatic carbocycles. The minimum absolute atomic E-state index is 0.402. The molecule has 140 valence electrons. The molecular formula is C21H22N2O4. The summed E-state index contributed by atoms with van der Waals surface area (Å²) in [6.07, 6.45) is 1.69. The van der Waals surface area contributed by atoms with Crippen molar-refractivity contribution < 1.29 is 19.1 Å². The first-order valence-electron chi connectivity index (χ1n) is 8.96. The van der Waals surface area contributed by atoms with Crippen LogP contribution in [0.1, 0.15) is 30.1 Å². The average Bonchev–Trinajstić information content (AvgIpc) is 2.68. The third kappa shape index (κ3) is 3.69. The van der Waals surface area contributed by atoms with E-state index >= 15 is 0 Å². The Morgan fingerprint density at radius 1 is 1.15 bits per heavy atom. The number of Topliss-reactive ketones (excluding diaryl/α,β-unsaturated/α-hetero) is 1. The first kappa shape index (κ1) is 18.6. The lowest BCUT2D eigenvalue weighted by Gasteiger charge is -2.32. The Morgan fingerprint density at radius 2 is 1.93 bits per heavy atom. The van der Waals surface area contributed by atoms with E-state index in [-0.39, 0.29) is 0 Å². The van der Waals surface area contributed by atoms with Gasteiger partial charge >= 0.3 is 0 Å². The molecule has 6 heteroatoms. The Hall–Kier alpha value is -3.15. The summed E-state index contributed by atoms with van der Waals surface area (Å²) in [6.45, 7) is 2.50. The highest BCUT2D eigenvalue weighted by atomic mass is 16.5. The van der Waals surface area contributed by atoms with E-state index in [9.17, 15) is 14.4 Å². The fourth-order valence-corrected chi connectivity index (χ4v) is 3.15. The van der Waals surface area contributed by atoms with Gasteiger partial charge in [-0.25, -0.2) is 0 Å². The predicted octanol–water partition coefficient (Wildman–Crippen LogP) is 3.28. The summed E-state index contributed by atoms with van der Waals surface area (Å²) in [5.74, 6) is -2.39. The van der Waals surface area contributed by atoms with Crippen molar-refractivity contribution in [2.75, 3.05) is 23.9 Å². The molecule has 0 saturated heterocycles. The Labute approximate surface area is 158 Å². The number of unbranched alkanes of at least 4 members (excludes halogenated alkanes) is 1. The fourth-order valence-electron chi connectivity index (χ4n) is 3.15. The van der Waals surface area contributed by atoms with Gasteiger partial charge in [-0.2, -0.15) is 0 Å². The molecular weight excluding hydrogens is 344 g/mol. The smallest absolute Gasteiger partial charge is 0.247 e. The summed E-state index contributed by atoms with van der Waals surface area (Å²) >= 11 is 0. The number of ether oxygens (including phenoxy) is 1. The number of methoxy groups -OCH3 is 1. The summed E-state index contributed by atoms with van der Waals surface area (Å²) in [5, 5.41) is 2.67. The molecule has 0 saturated carbocycles. The van der Waals surface area contributed by atoms with Gasteiger partial charge in [0, 0.05) is 23.9 Å². The van der Waals surface area contributed by atoms with Crippen LogP contribution in [0.3, 0.4) is 0 Å². The molecule has 1 aliphatic rings. The lowest BCUT2D eigenvalue weighted by atomic mass is 9.89. The number of rotatable bonds is 6. The highest BCUT2D eigenvalue weighted by Gasteiger charge is 2.43. The largest absolute Gasteiger partial charge is 0.497 e. The van der Waals surface area contributed by atoms with Gasteiger partial charge in [-0.15, -0.1) is 0 Å². The van der Waals surface area contributed by atoms with E-state index in [0.29, 0.717) is 29.2 Å². The summed E-state index contributed by atoms with van der Waals surface area (Å²) in [5.41, 5.74) is 1.45. The fraction of sp³-hybridized carbons (Fsp3) is 0.286. The monoisotopic (exact) mass is 366 g/mol. The zero-order valence-corrected chi connectivity index (χ0v) is 15.4. The van der Waals surface area contributed by atoms with Crippen molar-refractivity contribution in [1.82, 2.24) is 0 Å². The van der Waals surface area contributed by atoms with Crippen molar-refractivity contribution in [2.45, 2.75) is 19.8 Å². The Kier molecular flexibility index (Phi) is 5.54. The second-order valence-corrected chi connectivity index (χ2v) is 6.38. The third-order valence-electron chi connectivity index (χ3n) is 4.57. The van der Waals surface area contributed by atoms with Crippen molar-refractivity contribution >= 4 is 29.0 Å². The highest BCUT2D eigenvalue weighted by molar-refractivity contribution is 6.32. The van der Waals surface area contributed by atoms with Gasteiger partial charge in [0.15, 0.2) is 11.7 Å². The number of amides is 2. The number of carbonyl (C=O) groups is 3. The number of para-hydroxylation sites is 1. The van der Waals surface area contributed by atoms with Gasteiger partial charge in [-0.3, -0.25) is 14.4 Å². The zero-order valence-electron chi connectivity index (χ0n) is 15.4. The quantitative estimate of drug-likeness (QED) is 0.796. The van der Waals surface area contributed by atoms with Gasteiger partial charge in [-0.05, 0) is 30.7 Å². The molecule has 0 bridgehead atoms. The number of ketones is 1. The lowest BCUT2D eigenvalue weighted by molar-refractivity contribution is -0.129. The number of nitrogens with one attached hydrogen (secondary N) is 1. The van der Waals surface area contributed by atoms with Crippen LogP contribution in [0.4, 0.5) is 11.4 Å². The Balaban J connectivity index is 1.91. The van der Waals surface area contributed by atoms with Crippen LogP contribution in [0.25, 0.3) is 0 Å². The van der Waals surface area contributed by atoms with Crippen LogP contribution in [-0.4, -0.2) is 31.3 Å². The molecule has 0 radical (unpaired) electrons. The van der Waals surface area contributed by atoms with E-state index in [1.807, 2.05) is 6.92 Å². The number of nitrogens with zero attached hydrogens (tertiary/aromatic N) is 1. The minimum atomic E-state index is -1.39. The number of carbonyl (C=O) groups excluding carboxylic acids is 3. The van der Waals surface area contributed by atoms with E-state index in [0.717, 1.165) is 12.8 Å². The third-order valence-corrected chi connectivity index (χ3v) is 4.57. The maximum atomic E-state index is 13.0. The summed E-state index contributed by atoms with van der Waals surface area (Å²) in [4.78, 5) is 40.2. The molecule has 1 atom stereocenters. The molecule has 0 spiro atoms.